The van der Waals surface area contributed by atoms with Gasteiger partial charge in [-0.3, -0.25) is 4.79 Å². The van der Waals surface area contributed by atoms with Gasteiger partial charge in [-0.15, -0.1) is 0 Å². The van der Waals surface area contributed by atoms with Crippen LogP contribution in [0, 0.1) is 11.7 Å². The highest BCUT2D eigenvalue weighted by Gasteiger charge is 2.23. The van der Waals surface area contributed by atoms with Crippen LogP contribution in [-0.4, -0.2) is 19.0 Å². The Labute approximate surface area is 126 Å². The zero-order chi connectivity index (χ0) is 15.2. The summed E-state index contributed by atoms with van der Waals surface area (Å²) in [6.45, 7) is 2.22. The minimum absolute atomic E-state index is 0.183. The number of amides is 1. The highest BCUT2D eigenvalue weighted by Crippen LogP contribution is 2.28. The summed E-state index contributed by atoms with van der Waals surface area (Å²) in [5, 5.41) is 5.82. The second-order valence-corrected chi connectivity index (χ2v) is 5.89. The molecule has 2 N–H and O–H groups in total. The largest absolute Gasteiger partial charge is 0.385 e. The molecule has 3 nitrogen and oxygen atoms in total. The maximum atomic E-state index is 13.7. The van der Waals surface area contributed by atoms with Crippen molar-refractivity contribution in [1.29, 1.82) is 0 Å². The monoisotopic (exact) mass is 292 g/mol. The van der Waals surface area contributed by atoms with Gasteiger partial charge in [-0.2, -0.15) is 0 Å². The van der Waals surface area contributed by atoms with Crippen LogP contribution in [-0.2, 0) is 0 Å². The molecule has 1 amide bonds. The standard InChI is InChI=1S/C17H25FN2O/c1-3-5-12-8-10-13(11-9-12)20-17(21)14-6-4-7-15(18)16(14)19-2/h4,6-7,12-13,19H,3,5,8-11H2,1-2H3,(H,20,21). The van der Waals surface area contributed by atoms with Crippen LogP contribution in [0.5, 0.6) is 0 Å². The predicted molar refractivity (Wildman–Crippen MR) is 84.1 cm³/mol. The van der Waals surface area contributed by atoms with Crippen LogP contribution in [0.3, 0.4) is 0 Å². The first-order valence-corrected chi connectivity index (χ1v) is 7.92. The lowest BCUT2D eigenvalue weighted by atomic mass is 9.83. The Hall–Kier alpha value is -1.58. The Kier molecular flexibility index (Phi) is 5.59. The fourth-order valence-corrected chi connectivity index (χ4v) is 3.23. The lowest BCUT2D eigenvalue weighted by Crippen LogP contribution is -2.38. The molecule has 4 heteroatoms. The molecule has 0 saturated heterocycles. The second kappa shape index (κ2) is 7.43. The van der Waals surface area contributed by atoms with Gasteiger partial charge >= 0.3 is 0 Å². The summed E-state index contributed by atoms with van der Waals surface area (Å²) >= 11 is 0. The maximum absolute atomic E-state index is 13.7. The number of halogens is 1. The first-order chi connectivity index (χ1) is 10.2. The molecular formula is C17H25FN2O. The third-order valence-electron chi connectivity index (χ3n) is 4.39. The molecule has 2 rings (SSSR count). The Balaban J connectivity index is 1.95. The molecule has 0 aliphatic heterocycles. The number of carbonyl (C=O) groups excluding carboxylic acids is 1. The maximum Gasteiger partial charge on any atom is 0.253 e. The third-order valence-corrected chi connectivity index (χ3v) is 4.39. The van der Waals surface area contributed by atoms with E-state index in [0.717, 1.165) is 18.8 Å². The molecule has 0 atom stereocenters. The van der Waals surface area contributed by atoms with Gasteiger partial charge in [-0.1, -0.05) is 25.8 Å². The van der Waals surface area contributed by atoms with Gasteiger partial charge in [0, 0.05) is 13.1 Å². The van der Waals surface area contributed by atoms with E-state index >= 15 is 0 Å². The molecule has 1 aliphatic rings. The van der Waals surface area contributed by atoms with E-state index in [9.17, 15) is 9.18 Å². The quantitative estimate of drug-likeness (QED) is 0.862. The van der Waals surface area contributed by atoms with Crippen molar-refractivity contribution in [3.8, 4) is 0 Å². The summed E-state index contributed by atoms with van der Waals surface area (Å²) in [6, 6.07) is 4.81. The number of anilines is 1. The Morgan fingerprint density at radius 3 is 2.62 bits per heavy atom. The molecule has 1 saturated carbocycles. The van der Waals surface area contributed by atoms with E-state index in [-0.39, 0.29) is 17.6 Å². The van der Waals surface area contributed by atoms with E-state index in [1.54, 1.807) is 19.2 Å². The number of hydrogen-bond acceptors (Lipinski definition) is 2. The van der Waals surface area contributed by atoms with E-state index in [1.807, 2.05) is 0 Å². The molecule has 1 aromatic rings. The summed E-state index contributed by atoms with van der Waals surface area (Å²) < 4.78 is 13.7. The van der Waals surface area contributed by atoms with E-state index in [0.29, 0.717) is 5.56 Å². The molecule has 0 spiro atoms. The molecule has 1 aromatic carbocycles. The van der Waals surface area contributed by atoms with E-state index < -0.39 is 5.82 Å². The Morgan fingerprint density at radius 1 is 1.29 bits per heavy atom. The fourth-order valence-electron chi connectivity index (χ4n) is 3.23. The van der Waals surface area contributed by atoms with Crippen molar-refractivity contribution in [2.24, 2.45) is 5.92 Å². The van der Waals surface area contributed by atoms with Crippen molar-refractivity contribution in [1.82, 2.24) is 5.32 Å². The first-order valence-electron chi connectivity index (χ1n) is 7.92. The molecule has 0 bridgehead atoms. The van der Waals surface area contributed by atoms with Crippen LogP contribution in [0.1, 0.15) is 55.8 Å². The van der Waals surface area contributed by atoms with Gasteiger partial charge in [-0.25, -0.2) is 4.39 Å². The zero-order valence-corrected chi connectivity index (χ0v) is 12.9. The molecule has 0 heterocycles. The molecule has 1 aliphatic carbocycles. The van der Waals surface area contributed by atoms with Gasteiger partial charge in [0.1, 0.15) is 5.82 Å². The van der Waals surface area contributed by atoms with Gasteiger partial charge in [-0.05, 0) is 43.7 Å². The molecule has 1 fully saturated rings. The molecule has 116 valence electrons. The summed E-state index contributed by atoms with van der Waals surface area (Å²) in [7, 11) is 1.63. The average Bonchev–Trinajstić information content (AvgIpc) is 2.49. The van der Waals surface area contributed by atoms with E-state index in [2.05, 4.69) is 17.6 Å². The van der Waals surface area contributed by atoms with Crippen LogP contribution in [0.25, 0.3) is 0 Å². The van der Waals surface area contributed by atoms with Crippen molar-refractivity contribution in [3.63, 3.8) is 0 Å². The fraction of sp³-hybridized carbons (Fsp3) is 0.588. The highest BCUT2D eigenvalue weighted by atomic mass is 19.1. The summed E-state index contributed by atoms with van der Waals surface area (Å²) in [6.07, 6.45) is 6.94. The number of carbonyl (C=O) groups is 1. The molecular weight excluding hydrogens is 267 g/mol. The van der Waals surface area contributed by atoms with Crippen molar-refractivity contribution in [2.75, 3.05) is 12.4 Å². The van der Waals surface area contributed by atoms with E-state index in [4.69, 9.17) is 0 Å². The molecule has 0 aromatic heterocycles. The van der Waals surface area contributed by atoms with Crippen LogP contribution < -0.4 is 10.6 Å². The summed E-state index contributed by atoms with van der Waals surface area (Å²) in [5.41, 5.74) is 0.655. The van der Waals surface area contributed by atoms with Crippen molar-refractivity contribution < 1.29 is 9.18 Å². The SMILES string of the molecule is CCCC1CCC(NC(=O)c2cccc(F)c2NC)CC1. The average molecular weight is 292 g/mol. The zero-order valence-electron chi connectivity index (χ0n) is 12.9. The van der Waals surface area contributed by atoms with Gasteiger partial charge in [0.15, 0.2) is 0 Å². The lowest BCUT2D eigenvalue weighted by molar-refractivity contribution is 0.0921. The first kappa shape index (κ1) is 15.8. The molecule has 0 radical (unpaired) electrons. The summed E-state index contributed by atoms with van der Waals surface area (Å²) in [5.74, 6) is 0.236. The topological polar surface area (TPSA) is 41.1 Å². The highest BCUT2D eigenvalue weighted by molar-refractivity contribution is 5.99. The van der Waals surface area contributed by atoms with Gasteiger partial charge in [0.25, 0.3) is 5.91 Å². The number of benzene rings is 1. The van der Waals surface area contributed by atoms with Crippen LogP contribution in [0.2, 0.25) is 0 Å². The molecule has 21 heavy (non-hydrogen) atoms. The lowest BCUT2D eigenvalue weighted by Gasteiger charge is -2.29. The normalized spacial score (nSPS) is 21.9. The van der Waals surface area contributed by atoms with Gasteiger partial charge in [0.05, 0.1) is 11.3 Å². The van der Waals surface area contributed by atoms with Crippen molar-refractivity contribution in [3.05, 3.63) is 29.6 Å². The minimum Gasteiger partial charge on any atom is -0.385 e. The van der Waals surface area contributed by atoms with Gasteiger partial charge < -0.3 is 10.6 Å². The smallest absolute Gasteiger partial charge is 0.253 e. The third kappa shape index (κ3) is 3.96. The van der Waals surface area contributed by atoms with Gasteiger partial charge in [0.2, 0.25) is 0 Å². The van der Waals surface area contributed by atoms with E-state index in [1.165, 1.54) is 31.7 Å². The predicted octanol–water partition coefficient (Wildman–Crippen LogP) is 3.96. The van der Waals surface area contributed by atoms with Crippen LogP contribution in [0.4, 0.5) is 10.1 Å². The number of para-hydroxylation sites is 1. The van der Waals surface area contributed by atoms with Crippen molar-refractivity contribution in [2.45, 2.75) is 51.5 Å². The Morgan fingerprint density at radius 2 is 2.00 bits per heavy atom. The number of nitrogens with one attached hydrogen (secondary N) is 2. The van der Waals surface area contributed by atoms with Crippen LogP contribution >= 0.6 is 0 Å². The van der Waals surface area contributed by atoms with Crippen molar-refractivity contribution >= 4 is 11.6 Å². The summed E-state index contributed by atoms with van der Waals surface area (Å²) in [4.78, 5) is 12.3. The minimum atomic E-state index is -0.392. The molecule has 0 unspecified atom stereocenters. The number of rotatable bonds is 5. The Bertz CT molecular complexity index is 482. The van der Waals surface area contributed by atoms with Crippen LogP contribution in [0.15, 0.2) is 18.2 Å². The number of hydrogen-bond donors (Lipinski definition) is 2. The second-order valence-electron chi connectivity index (χ2n) is 5.89.